The number of pyridine rings is 1. The minimum Gasteiger partial charge on any atom is -0.487 e. The maximum absolute atomic E-state index is 12.3. The maximum atomic E-state index is 12.3. The molecule has 0 atom stereocenters. The predicted octanol–water partition coefficient (Wildman–Crippen LogP) is 1.37. The Kier molecular flexibility index (Phi) is 7.13. The molecule has 1 aromatic rings. The lowest BCUT2D eigenvalue weighted by molar-refractivity contribution is -0.132. The zero-order valence-corrected chi connectivity index (χ0v) is 13.7. The SMILES string of the molecule is NCCCCn1cccc(OCCC(=O)N2CCCCC2)c1=O. The number of aryl methyl sites for hydroxylation is 1. The van der Waals surface area contributed by atoms with Gasteiger partial charge in [0.1, 0.15) is 0 Å². The quantitative estimate of drug-likeness (QED) is 0.734. The first-order chi connectivity index (χ1) is 11.2. The molecule has 0 aliphatic carbocycles. The summed E-state index contributed by atoms with van der Waals surface area (Å²) in [5, 5.41) is 0. The van der Waals surface area contributed by atoms with Crippen LogP contribution in [-0.4, -0.2) is 41.6 Å². The molecule has 1 amide bonds. The average Bonchev–Trinajstić information content (AvgIpc) is 2.58. The molecule has 0 spiro atoms. The lowest BCUT2D eigenvalue weighted by Gasteiger charge is -2.26. The highest BCUT2D eigenvalue weighted by molar-refractivity contribution is 5.76. The summed E-state index contributed by atoms with van der Waals surface area (Å²) in [7, 11) is 0. The molecule has 1 fully saturated rings. The first-order valence-electron chi connectivity index (χ1n) is 8.52. The summed E-state index contributed by atoms with van der Waals surface area (Å²) in [6.07, 6.45) is 7.20. The van der Waals surface area contributed by atoms with E-state index in [1.165, 1.54) is 6.42 Å². The van der Waals surface area contributed by atoms with E-state index in [2.05, 4.69) is 0 Å². The number of amides is 1. The highest BCUT2D eigenvalue weighted by Gasteiger charge is 2.16. The standard InChI is InChI=1S/C17H27N3O3/c18-9-2-5-12-20-13-6-7-15(17(20)22)23-14-8-16(21)19-10-3-1-4-11-19/h6-7,13H,1-5,8-12,14,18H2. The number of carbonyl (C=O) groups excluding carboxylic acids is 1. The molecule has 0 aromatic carbocycles. The molecule has 1 aliphatic heterocycles. The van der Waals surface area contributed by atoms with E-state index in [1.807, 2.05) is 4.90 Å². The van der Waals surface area contributed by atoms with Gasteiger partial charge in [-0.05, 0) is 50.8 Å². The fourth-order valence-corrected chi connectivity index (χ4v) is 2.78. The van der Waals surface area contributed by atoms with Gasteiger partial charge in [0, 0.05) is 25.8 Å². The summed E-state index contributed by atoms with van der Waals surface area (Å²) in [5.41, 5.74) is 5.32. The third-order valence-corrected chi connectivity index (χ3v) is 4.12. The van der Waals surface area contributed by atoms with E-state index in [9.17, 15) is 9.59 Å². The lowest BCUT2D eigenvalue weighted by atomic mass is 10.1. The Balaban J connectivity index is 1.82. The molecule has 23 heavy (non-hydrogen) atoms. The van der Waals surface area contributed by atoms with Crippen molar-refractivity contribution in [1.29, 1.82) is 0 Å². The van der Waals surface area contributed by atoms with Crippen LogP contribution in [0.2, 0.25) is 0 Å². The molecule has 128 valence electrons. The second kappa shape index (κ2) is 9.35. The number of carbonyl (C=O) groups is 1. The van der Waals surface area contributed by atoms with Crippen molar-refractivity contribution in [3.05, 3.63) is 28.7 Å². The van der Waals surface area contributed by atoms with Crippen LogP contribution in [0.1, 0.15) is 38.5 Å². The number of ether oxygens (including phenoxy) is 1. The second-order valence-electron chi connectivity index (χ2n) is 5.91. The van der Waals surface area contributed by atoms with E-state index >= 15 is 0 Å². The minimum atomic E-state index is -0.144. The monoisotopic (exact) mass is 321 g/mol. The molecule has 2 heterocycles. The summed E-state index contributed by atoms with van der Waals surface area (Å²) in [4.78, 5) is 26.2. The van der Waals surface area contributed by atoms with Crippen molar-refractivity contribution >= 4 is 5.91 Å². The van der Waals surface area contributed by atoms with Gasteiger partial charge in [-0.15, -0.1) is 0 Å². The highest BCUT2D eigenvalue weighted by atomic mass is 16.5. The van der Waals surface area contributed by atoms with Crippen LogP contribution < -0.4 is 16.0 Å². The van der Waals surface area contributed by atoms with Crippen molar-refractivity contribution in [2.24, 2.45) is 5.73 Å². The van der Waals surface area contributed by atoms with E-state index in [4.69, 9.17) is 10.5 Å². The molecule has 0 saturated carbocycles. The number of piperidine rings is 1. The first kappa shape index (κ1) is 17.5. The Morgan fingerprint density at radius 1 is 1.22 bits per heavy atom. The summed E-state index contributed by atoms with van der Waals surface area (Å²) >= 11 is 0. The Morgan fingerprint density at radius 3 is 2.74 bits per heavy atom. The number of likely N-dealkylation sites (tertiary alicyclic amines) is 1. The molecule has 6 heteroatoms. The van der Waals surface area contributed by atoms with Crippen molar-refractivity contribution in [1.82, 2.24) is 9.47 Å². The Labute approximate surface area is 137 Å². The lowest BCUT2D eigenvalue weighted by Crippen LogP contribution is -2.36. The van der Waals surface area contributed by atoms with Gasteiger partial charge in [-0.1, -0.05) is 0 Å². The molecule has 0 bridgehead atoms. The van der Waals surface area contributed by atoms with Gasteiger partial charge in [-0.25, -0.2) is 0 Å². The van der Waals surface area contributed by atoms with Crippen molar-refractivity contribution in [2.75, 3.05) is 26.2 Å². The van der Waals surface area contributed by atoms with Crippen LogP contribution in [0.25, 0.3) is 0 Å². The van der Waals surface area contributed by atoms with Crippen LogP contribution in [0.5, 0.6) is 5.75 Å². The first-order valence-corrected chi connectivity index (χ1v) is 8.52. The number of nitrogens with zero attached hydrogens (tertiary/aromatic N) is 2. The number of rotatable bonds is 8. The van der Waals surface area contributed by atoms with Gasteiger partial charge in [0.15, 0.2) is 5.75 Å². The smallest absolute Gasteiger partial charge is 0.292 e. The van der Waals surface area contributed by atoms with Crippen LogP contribution in [0.15, 0.2) is 23.1 Å². The van der Waals surface area contributed by atoms with Gasteiger partial charge in [-0.3, -0.25) is 9.59 Å². The van der Waals surface area contributed by atoms with Gasteiger partial charge in [-0.2, -0.15) is 0 Å². The van der Waals surface area contributed by atoms with Gasteiger partial charge in [0.25, 0.3) is 5.56 Å². The predicted molar refractivity (Wildman–Crippen MR) is 89.5 cm³/mol. The average molecular weight is 321 g/mol. The maximum Gasteiger partial charge on any atom is 0.292 e. The molecule has 0 unspecified atom stereocenters. The van der Waals surface area contributed by atoms with Crippen LogP contribution in [0.3, 0.4) is 0 Å². The number of aromatic nitrogens is 1. The summed E-state index contributed by atoms with van der Waals surface area (Å²) < 4.78 is 7.18. The Bertz CT molecular complexity index is 550. The molecular formula is C17H27N3O3. The molecule has 2 rings (SSSR count). The largest absolute Gasteiger partial charge is 0.487 e. The van der Waals surface area contributed by atoms with Crippen molar-refractivity contribution in [2.45, 2.75) is 45.1 Å². The summed E-state index contributed by atoms with van der Waals surface area (Å²) in [5.74, 6) is 0.426. The van der Waals surface area contributed by atoms with E-state index in [0.717, 1.165) is 38.8 Å². The van der Waals surface area contributed by atoms with Crippen LogP contribution in [0.4, 0.5) is 0 Å². The number of hydrogen-bond donors (Lipinski definition) is 1. The molecule has 2 N–H and O–H groups in total. The van der Waals surface area contributed by atoms with E-state index < -0.39 is 0 Å². The molecule has 1 aromatic heterocycles. The van der Waals surface area contributed by atoms with Crippen molar-refractivity contribution in [3.63, 3.8) is 0 Å². The van der Waals surface area contributed by atoms with Crippen molar-refractivity contribution < 1.29 is 9.53 Å². The summed E-state index contributed by atoms with van der Waals surface area (Å²) in [6.45, 7) is 3.21. The number of nitrogens with two attached hydrogens (primary N) is 1. The van der Waals surface area contributed by atoms with Gasteiger partial charge in [0.05, 0.1) is 13.0 Å². The third-order valence-electron chi connectivity index (χ3n) is 4.12. The third kappa shape index (κ3) is 5.39. The van der Waals surface area contributed by atoms with Gasteiger partial charge in [0.2, 0.25) is 5.91 Å². The highest BCUT2D eigenvalue weighted by Crippen LogP contribution is 2.10. The molecule has 1 aliphatic rings. The summed E-state index contributed by atoms with van der Waals surface area (Å²) in [6, 6.07) is 3.46. The van der Waals surface area contributed by atoms with E-state index in [1.54, 1.807) is 22.9 Å². The molecule has 0 radical (unpaired) electrons. The van der Waals surface area contributed by atoms with Crippen LogP contribution in [-0.2, 0) is 11.3 Å². The van der Waals surface area contributed by atoms with Gasteiger partial charge < -0.3 is 19.9 Å². The zero-order chi connectivity index (χ0) is 16.5. The van der Waals surface area contributed by atoms with Crippen molar-refractivity contribution in [3.8, 4) is 5.75 Å². The fourth-order valence-electron chi connectivity index (χ4n) is 2.78. The van der Waals surface area contributed by atoms with Crippen LogP contribution >= 0.6 is 0 Å². The van der Waals surface area contributed by atoms with Crippen LogP contribution in [0, 0.1) is 0 Å². The topological polar surface area (TPSA) is 77.6 Å². The zero-order valence-electron chi connectivity index (χ0n) is 13.7. The number of hydrogen-bond acceptors (Lipinski definition) is 4. The fraction of sp³-hybridized carbons (Fsp3) is 0.647. The normalized spacial score (nSPS) is 14.7. The number of unbranched alkanes of at least 4 members (excludes halogenated alkanes) is 1. The van der Waals surface area contributed by atoms with E-state index in [-0.39, 0.29) is 18.1 Å². The minimum absolute atomic E-state index is 0.115. The second-order valence-corrected chi connectivity index (χ2v) is 5.91. The molecular weight excluding hydrogens is 294 g/mol. The molecule has 6 nitrogen and oxygen atoms in total. The van der Waals surface area contributed by atoms with E-state index in [0.29, 0.717) is 25.3 Å². The van der Waals surface area contributed by atoms with Gasteiger partial charge >= 0.3 is 0 Å². The Hall–Kier alpha value is -1.82. The Morgan fingerprint density at radius 2 is 2.00 bits per heavy atom. The molecule has 1 saturated heterocycles.